The minimum Gasteiger partial charge on any atom is -0.459 e. The van der Waals surface area contributed by atoms with Crippen LogP contribution in [0.5, 0.6) is 0 Å². The highest BCUT2D eigenvalue weighted by Crippen LogP contribution is 2.39. The Balaban J connectivity index is 1.74. The Kier molecular flexibility index (Phi) is 5.19. The average molecular weight is 350 g/mol. The predicted octanol–water partition coefficient (Wildman–Crippen LogP) is 2.77. The van der Waals surface area contributed by atoms with Gasteiger partial charge in [-0.25, -0.2) is 0 Å². The van der Waals surface area contributed by atoms with Gasteiger partial charge in [0.15, 0.2) is 0 Å². The second-order valence-corrected chi connectivity index (χ2v) is 6.35. The van der Waals surface area contributed by atoms with Gasteiger partial charge < -0.3 is 4.74 Å². The van der Waals surface area contributed by atoms with Crippen molar-refractivity contribution < 1.29 is 14.3 Å². The van der Waals surface area contributed by atoms with E-state index >= 15 is 0 Å². The number of carbonyl (C=O) groups excluding carboxylic acids is 2. The third-order valence-corrected chi connectivity index (χ3v) is 4.54. The molecule has 5 heteroatoms. The van der Waals surface area contributed by atoms with Crippen molar-refractivity contribution in [2.75, 3.05) is 18.0 Å². The third kappa shape index (κ3) is 3.39. The fourth-order valence-electron chi connectivity index (χ4n) is 3.14. The first-order valence-corrected chi connectivity index (χ1v) is 8.53. The van der Waals surface area contributed by atoms with Crippen molar-refractivity contribution in [1.82, 2.24) is 5.32 Å². The molecule has 1 amide bonds. The van der Waals surface area contributed by atoms with Gasteiger partial charge in [0.05, 0.1) is 0 Å². The summed E-state index contributed by atoms with van der Waals surface area (Å²) in [6.45, 7) is 6.08. The molecule has 134 valence electrons. The number of fused-ring (bicyclic) bond motifs is 1. The number of para-hydroxylation sites is 1. The van der Waals surface area contributed by atoms with Crippen molar-refractivity contribution >= 4 is 17.6 Å². The molecule has 3 rings (SSSR count). The summed E-state index contributed by atoms with van der Waals surface area (Å²) in [5.41, 5.74) is 1.60. The Morgan fingerprint density at radius 1 is 1.19 bits per heavy atom. The zero-order chi connectivity index (χ0) is 18.6. The van der Waals surface area contributed by atoms with Crippen LogP contribution in [0.3, 0.4) is 0 Å². The molecule has 2 aromatic rings. The van der Waals surface area contributed by atoms with Crippen LogP contribution in [-0.2, 0) is 26.5 Å². The number of rotatable bonds is 7. The SMILES string of the molecule is C=CCNC1(C)C(=O)N(CC(=O)OCc2ccccc2)c2ccccc21. The number of hydrogen-bond donors (Lipinski definition) is 1. The average Bonchev–Trinajstić information content (AvgIpc) is 2.88. The number of anilines is 1. The number of nitrogens with one attached hydrogen (secondary N) is 1. The monoisotopic (exact) mass is 350 g/mol. The number of nitrogens with zero attached hydrogens (tertiary/aromatic N) is 1. The van der Waals surface area contributed by atoms with Crippen molar-refractivity contribution in [3.8, 4) is 0 Å². The van der Waals surface area contributed by atoms with Gasteiger partial charge in [-0.05, 0) is 18.6 Å². The second kappa shape index (κ2) is 7.54. The maximum Gasteiger partial charge on any atom is 0.326 e. The summed E-state index contributed by atoms with van der Waals surface area (Å²) in [5.74, 6) is -0.609. The number of ether oxygens (including phenoxy) is 1. The molecule has 0 aliphatic carbocycles. The van der Waals surface area contributed by atoms with E-state index in [1.807, 2.05) is 61.5 Å². The van der Waals surface area contributed by atoms with Crippen LogP contribution in [0, 0.1) is 0 Å². The highest BCUT2D eigenvalue weighted by molar-refractivity contribution is 6.09. The van der Waals surface area contributed by atoms with Crippen molar-refractivity contribution in [3.05, 3.63) is 78.4 Å². The molecule has 1 heterocycles. The fourth-order valence-corrected chi connectivity index (χ4v) is 3.14. The van der Waals surface area contributed by atoms with Gasteiger partial charge in [0.1, 0.15) is 18.7 Å². The minimum atomic E-state index is -0.884. The van der Waals surface area contributed by atoms with Crippen LogP contribution in [0.15, 0.2) is 67.3 Å². The lowest BCUT2D eigenvalue weighted by molar-refractivity contribution is -0.144. The van der Waals surface area contributed by atoms with Gasteiger partial charge in [0.2, 0.25) is 0 Å². The van der Waals surface area contributed by atoms with E-state index in [4.69, 9.17) is 4.74 Å². The molecular weight excluding hydrogens is 328 g/mol. The van der Waals surface area contributed by atoms with Crippen LogP contribution in [0.25, 0.3) is 0 Å². The zero-order valence-corrected chi connectivity index (χ0v) is 14.8. The number of benzene rings is 2. The lowest BCUT2D eigenvalue weighted by Crippen LogP contribution is -2.49. The Morgan fingerprint density at radius 2 is 1.88 bits per heavy atom. The Bertz CT molecular complexity index is 819. The molecule has 0 aromatic heterocycles. The largest absolute Gasteiger partial charge is 0.459 e. The summed E-state index contributed by atoms with van der Waals surface area (Å²) in [5, 5.41) is 3.21. The molecule has 1 aliphatic rings. The standard InChI is InChI=1S/C21H22N2O3/c1-3-13-22-21(2)17-11-7-8-12-18(17)23(20(21)25)14-19(24)26-15-16-9-5-4-6-10-16/h3-12,22H,1,13-15H2,2H3. The molecule has 0 bridgehead atoms. The summed E-state index contributed by atoms with van der Waals surface area (Å²) in [7, 11) is 0. The van der Waals surface area contributed by atoms with E-state index in [1.165, 1.54) is 4.90 Å². The van der Waals surface area contributed by atoms with E-state index in [1.54, 1.807) is 6.08 Å². The van der Waals surface area contributed by atoms with Crippen LogP contribution in [0.4, 0.5) is 5.69 Å². The van der Waals surface area contributed by atoms with E-state index < -0.39 is 11.5 Å². The summed E-state index contributed by atoms with van der Waals surface area (Å²) < 4.78 is 5.33. The summed E-state index contributed by atoms with van der Waals surface area (Å²) in [4.78, 5) is 26.8. The molecular formula is C21H22N2O3. The first kappa shape index (κ1) is 17.9. The van der Waals surface area contributed by atoms with E-state index in [0.29, 0.717) is 6.54 Å². The maximum absolute atomic E-state index is 13.0. The van der Waals surface area contributed by atoms with Gasteiger partial charge in [-0.2, -0.15) is 0 Å². The van der Waals surface area contributed by atoms with Gasteiger partial charge in [-0.15, -0.1) is 6.58 Å². The van der Waals surface area contributed by atoms with E-state index in [9.17, 15) is 9.59 Å². The summed E-state index contributed by atoms with van der Waals surface area (Å²) in [6.07, 6.45) is 1.71. The highest BCUT2D eigenvalue weighted by Gasteiger charge is 2.47. The Hall–Kier alpha value is -2.92. The molecule has 5 nitrogen and oxygen atoms in total. The van der Waals surface area contributed by atoms with Gasteiger partial charge in [0.25, 0.3) is 5.91 Å². The third-order valence-electron chi connectivity index (χ3n) is 4.54. The highest BCUT2D eigenvalue weighted by atomic mass is 16.5. The van der Waals surface area contributed by atoms with E-state index in [2.05, 4.69) is 11.9 Å². The van der Waals surface area contributed by atoms with Gasteiger partial charge in [-0.3, -0.25) is 19.8 Å². The molecule has 0 radical (unpaired) electrons. The molecule has 26 heavy (non-hydrogen) atoms. The summed E-state index contributed by atoms with van der Waals surface area (Å²) >= 11 is 0. The Labute approximate surface area is 153 Å². The normalized spacial score (nSPS) is 18.5. The van der Waals surface area contributed by atoms with Crippen LogP contribution in [0.1, 0.15) is 18.1 Å². The molecule has 1 atom stereocenters. The topological polar surface area (TPSA) is 58.6 Å². The van der Waals surface area contributed by atoms with Gasteiger partial charge in [-0.1, -0.05) is 54.6 Å². The summed E-state index contributed by atoms with van der Waals surface area (Å²) in [6, 6.07) is 16.9. The molecule has 1 unspecified atom stereocenters. The van der Waals surface area contributed by atoms with Crippen LogP contribution in [-0.4, -0.2) is 25.0 Å². The molecule has 1 N–H and O–H groups in total. The zero-order valence-electron chi connectivity index (χ0n) is 14.8. The van der Waals surface area contributed by atoms with Gasteiger partial charge in [0, 0.05) is 17.8 Å². The fraction of sp³-hybridized carbons (Fsp3) is 0.238. The van der Waals surface area contributed by atoms with Crippen molar-refractivity contribution in [1.29, 1.82) is 0 Å². The predicted molar refractivity (Wildman–Crippen MR) is 101 cm³/mol. The van der Waals surface area contributed by atoms with E-state index in [-0.39, 0.29) is 19.1 Å². The van der Waals surface area contributed by atoms with Crippen LogP contribution in [0.2, 0.25) is 0 Å². The van der Waals surface area contributed by atoms with Crippen molar-refractivity contribution in [3.63, 3.8) is 0 Å². The number of esters is 1. The number of amides is 1. The molecule has 0 spiro atoms. The lowest BCUT2D eigenvalue weighted by atomic mass is 9.93. The molecule has 2 aromatic carbocycles. The quantitative estimate of drug-likeness (QED) is 0.616. The van der Waals surface area contributed by atoms with Crippen LogP contribution < -0.4 is 10.2 Å². The number of carbonyl (C=O) groups is 2. The molecule has 0 saturated heterocycles. The lowest BCUT2D eigenvalue weighted by Gasteiger charge is -2.25. The molecule has 0 saturated carbocycles. The Morgan fingerprint density at radius 3 is 2.62 bits per heavy atom. The smallest absolute Gasteiger partial charge is 0.326 e. The first-order valence-electron chi connectivity index (χ1n) is 8.53. The first-order chi connectivity index (χ1) is 12.6. The number of hydrogen-bond acceptors (Lipinski definition) is 4. The van der Waals surface area contributed by atoms with Crippen LogP contribution >= 0.6 is 0 Å². The maximum atomic E-state index is 13.0. The molecule has 0 fully saturated rings. The minimum absolute atomic E-state index is 0.117. The van der Waals surface area contributed by atoms with Crippen molar-refractivity contribution in [2.24, 2.45) is 0 Å². The van der Waals surface area contributed by atoms with E-state index in [0.717, 1.165) is 16.8 Å². The second-order valence-electron chi connectivity index (χ2n) is 6.35. The van der Waals surface area contributed by atoms with Crippen molar-refractivity contribution in [2.45, 2.75) is 19.1 Å². The van der Waals surface area contributed by atoms with Gasteiger partial charge >= 0.3 is 5.97 Å². The molecule has 1 aliphatic heterocycles.